The van der Waals surface area contributed by atoms with E-state index < -0.39 is 0 Å². The number of amides is 1. The average Bonchev–Trinajstić information content (AvgIpc) is 2.82. The number of hydrogen-bond acceptors (Lipinski definition) is 2. The van der Waals surface area contributed by atoms with Gasteiger partial charge in [0.15, 0.2) is 0 Å². The van der Waals surface area contributed by atoms with Crippen molar-refractivity contribution in [3.8, 4) is 0 Å². The normalized spacial score (nSPS) is 11.0. The van der Waals surface area contributed by atoms with Gasteiger partial charge >= 0.3 is 0 Å². The van der Waals surface area contributed by atoms with Crippen molar-refractivity contribution in [3.63, 3.8) is 0 Å². The minimum atomic E-state index is 0.0337. The van der Waals surface area contributed by atoms with Crippen molar-refractivity contribution in [2.24, 2.45) is 0 Å². The zero-order valence-electron chi connectivity index (χ0n) is 13.1. The lowest BCUT2D eigenvalue weighted by atomic mass is 10.2. The van der Waals surface area contributed by atoms with E-state index in [0.29, 0.717) is 6.54 Å². The highest BCUT2D eigenvalue weighted by molar-refractivity contribution is 5.76. The van der Waals surface area contributed by atoms with Crippen LogP contribution < -0.4 is 5.32 Å². The van der Waals surface area contributed by atoms with Crippen LogP contribution in [0.2, 0.25) is 0 Å². The molecule has 21 heavy (non-hydrogen) atoms. The first-order valence-corrected chi connectivity index (χ1v) is 7.91. The van der Waals surface area contributed by atoms with Crippen molar-refractivity contribution >= 4 is 16.9 Å². The number of nitrogens with zero attached hydrogens (tertiary/aromatic N) is 2. The minimum Gasteiger partial charge on any atom is -0.356 e. The molecule has 0 unspecified atom stereocenters. The molecule has 1 amide bonds. The molecule has 2 aromatic rings. The van der Waals surface area contributed by atoms with Crippen LogP contribution in [0.4, 0.5) is 0 Å². The first-order valence-electron chi connectivity index (χ1n) is 7.91. The summed E-state index contributed by atoms with van der Waals surface area (Å²) in [5, 5.41) is 2.85. The monoisotopic (exact) mass is 287 g/mol. The van der Waals surface area contributed by atoms with Crippen LogP contribution in [0.5, 0.6) is 0 Å². The summed E-state index contributed by atoms with van der Waals surface area (Å²) in [4.78, 5) is 15.7. The van der Waals surface area contributed by atoms with E-state index in [1.54, 1.807) is 6.92 Å². The third-order valence-electron chi connectivity index (χ3n) is 3.67. The van der Waals surface area contributed by atoms with Gasteiger partial charge in [0.05, 0.1) is 11.0 Å². The number of fused-ring (bicyclic) bond motifs is 1. The Kier molecular flexibility index (Phi) is 5.78. The van der Waals surface area contributed by atoms with Crippen molar-refractivity contribution in [2.45, 2.75) is 52.5 Å². The Morgan fingerprint density at radius 2 is 2.05 bits per heavy atom. The molecule has 0 fully saturated rings. The van der Waals surface area contributed by atoms with Gasteiger partial charge in [0.25, 0.3) is 0 Å². The van der Waals surface area contributed by atoms with Gasteiger partial charge in [0.2, 0.25) is 5.91 Å². The molecule has 0 aliphatic rings. The first-order chi connectivity index (χ1) is 10.2. The average molecular weight is 287 g/mol. The molecule has 114 valence electrons. The third kappa shape index (κ3) is 4.31. The number of carbonyl (C=O) groups is 1. The van der Waals surface area contributed by atoms with Crippen LogP contribution >= 0.6 is 0 Å². The molecule has 1 aromatic heterocycles. The Balaban J connectivity index is 2.08. The van der Waals surface area contributed by atoms with Gasteiger partial charge in [-0.2, -0.15) is 0 Å². The van der Waals surface area contributed by atoms with Crippen LogP contribution in [0.25, 0.3) is 11.0 Å². The molecular formula is C17H25N3O. The van der Waals surface area contributed by atoms with Crippen molar-refractivity contribution in [3.05, 3.63) is 30.1 Å². The molecule has 2 rings (SSSR count). The highest BCUT2D eigenvalue weighted by Crippen LogP contribution is 2.18. The number of aryl methyl sites for hydroxylation is 2. The fourth-order valence-corrected chi connectivity index (χ4v) is 2.60. The molecule has 4 nitrogen and oxygen atoms in total. The van der Waals surface area contributed by atoms with Crippen molar-refractivity contribution in [1.82, 2.24) is 14.9 Å². The fraction of sp³-hybridized carbons (Fsp3) is 0.529. The van der Waals surface area contributed by atoms with E-state index in [9.17, 15) is 4.79 Å². The van der Waals surface area contributed by atoms with Crippen LogP contribution in [0.3, 0.4) is 0 Å². The number of unbranched alkanes of at least 4 members (excludes halogenated alkanes) is 2. The lowest BCUT2D eigenvalue weighted by molar-refractivity contribution is -0.118. The molecule has 0 saturated carbocycles. The lowest BCUT2D eigenvalue weighted by Gasteiger charge is -2.09. The van der Waals surface area contributed by atoms with Crippen LogP contribution in [0, 0.1) is 0 Å². The SMILES string of the molecule is CCCCCn1c(CCCNC(C)=O)nc2ccccc21. The molecule has 0 spiro atoms. The van der Waals surface area contributed by atoms with Gasteiger partial charge in [0, 0.05) is 26.4 Å². The summed E-state index contributed by atoms with van der Waals surface area (Å²) in [6, 6.07) is 8.32. The van der Waals surface area contributed by atoms with E-state index in [1.165, 1.54) is 24.8 Å². The highest BCUT2D eigenvalue weighted by atomic mass is 16.1. The quantitative estimate of drug-likeness (QED) is 0.757. The third-order valence-corrected chi connectivity index (χ3v) is 3.67. The number of benzene rings is 1. The summed E-state index contributed by atoms with van der Waals surface area (Å²) in [6.07, 6.45) is 5.50. The second-order valence-corrected chi connectivity index (χ2v) is 5.46. The molecule has 4 heteroatoms. The maximum Gasteiger partial charge on any atom is 0.216 e. The first kappa shape index (κ1) is 15.5. The van der Waals surface area contributed by atoms with Crippen molar-refractivity contribution < 1.29 is 4.79 Å². The lowest BCUT2D eigenvalue weighted by Crippen LogP contribution is -2.21. The summed E-state index contributed by atoms with van der Waals surface area (Å²) in [5.41, 5.74) is 2.30. The van der Waals surface area contributed by atoms with E-state index in [0.717, 1.165) is 30.7 Å². The molecule has 0 saturated heterocycles. The minimum absolute atomic E-state index is 0.0337. The summed E-state index contributed by atoms with van der Waals surface area (Å²) in [7, 11) is 0. The zero-order chi connectivity index (χ0) is 15.1. The second-order valence-electron chi connectivity index (χ2n) is 5.46. The number of nitrogens with one attached hydrogen (secondary N) is 1. The smallest absolute Gasteiger partial charge is 0.216 e. The van der Waals surface area contributed by atoms with Gasteiger partial charge in [0.1, 0.15) is 5.82 Å². The van der Waals surface area contributed by atoms with Crippen LogP contribution in [-0.4, -0.2) is 22.0 Å². The summed E-state index contributed by atoms with van der Waals surface area (Å²) >= 11 is 0. The number of rotatable bonds is 8. The number of carbonyl (C=O) groups excluding carboxylic acids is 1. The van der Waals surface area contributed by atoms with Crippen molar-refractivity contribution in [2.75, 3.05) is 6.54 Å². The Hall–Kier alpha value is -1.84. The van der Waals surface area contributed by atoms with E-state index >= 15 is 0 Å². The molecule has 0 aliphatic carbocycles. The maximum absolute atomic E-state index is 10.9. The van der Waals surface area contributed by atoms with Gasteiger partial charge in [-0.25, -0.2) is 4.98 Å². The maximum atomic E-state index is 10.9. The van der Waals surface area contributed by atoms with Gasteiger partial charge < -0.3 is 9.88 Å². The molecule has 0 atom stereocenters. The van der Waals surface area contributed by atoms with E-state index in [2.05, 4.69) is 35.0 Å². The van der Waals surface area contributed by atoms with E-state index in [-0.39, 0.29) is 5.91 Å². The van der Waals surface area contributed by atoms with E-state index in [4.69, 9.17) is 4.98 Å². The van der Waals surface area contributed by atoms with E-state index in [1.807, 2.05) is 6.07 Å². The topological polar surface area (TPSA) is 46.9 Å². The Morgan fingerprint density at radius 1 is 1.24 bits per heavy atom. The Labute approximate surface area is 126 Å². The van der Waals surface area contributed by atoms with Gasteiger partial charge in [-0.1, -0.05) is 31.9 Å². The van der Waals surface area contributed by atoms with Gasteiger partial charge in [-0.15, -0.1) is 0 Å². The highest BCUT2D eigenvalue weighted by Gasteiger charge is 2.09. The summed E-state index contributed by atoms with van der Waals surface area (Å²) < 4.78 is 2.35. The second kappa shape index (κ2) is 7.81. The van der Waals surface area contributed by atoms with Crippen LogP contribution in [-0.2, 0) is 17.8 Å². The van der Waals surface area contributed by atoms with Crippen LogP contribution in [0.15, 0.2) is 24.3 Å². The number of aromatic nitrogens is 2. The molecule has 0 bridgehead atoms. The Morgan fingerprint density at radius 3 is 2.81 bits per heavy atom. The number of hydrogen-bond donors (Lipinski definition) is 1. The largest absolute Gasteiger partial charge is 0.356 e. The van der Waals surface area contributed by atoms with Gasteiger partial charge in [-0.3, -0.25) is 4.79 Å². The standard InChI is InChI=1S/C17H25N3O/c1-3-4-7-13-20-16-10-6-5-9-15(16)19-17(20)11-8-12-18-14(2)21/h5-6,9-10H,3-4,7-8,11-13H2,1-2H3,(H,18,21). The Bertz CT molecular complexity index is 589. The van der Waals surface area contributed by atoms with Crippen molar-refractivity contribution in [1.29, 1.82) is 0 Å². The zero-order valence-corrected chi connectivity index (χ0v) is 13.1. The fourth-order valence-electron chi connectivity index (χ4n) is 2.60. The molecule has 0 radical (unpaired) electrons. The predicted molar refractivity (Wildman–Crippen MR) is 86.3 cm³/mol. The summed E-state index contributed by atoms with van der Waals surface area (Å²) in [5.74, 6) is 1.17. The number of imidazole rings is 1. The summed E-state index contributed by atoms with van der Waals surface area (Å²) in [6.45, 7) is 5.53. The molecule has 1 heterocycles. The molecule has 0 aliphatic heterocycles. The predicted octanol–water partition coefficient (Wildman–Crippen LogP) is 3.30. The number of para-hydroxylation sites is 2. The molecular weight excluding hydrogens is 262 g/mol. The van der Waals surface area contributed by atoms with Gasteiger partial charge in [-0.05, 0) is 25.0 Å². The molecule has 1 aromatic carbocycles. The molecule has 1 N–H and O–H groups in total. The van der Waals surface area contributed by atoms with Crippen LogP contribution in [0.1, 0.15) is 45.4 Å².